The summed E-state index contributed by atoms with van der Waals surface area (Å²) in [5.41, 5.74) is 0. The molecule has 15 heavy (non-hydrogen) atoms. The van der Waals surface area contributed by atoms with Gasteiger partial charge in [0, 0.05) is 0 Å². The van der Waals surface area contributed by atoms with Crippen LogP contribution < -0.4 is 0 Å². The Morgan fingerprint density at radius 3 is 2.80 bits per heavy atom. The van der Waals surface area contributed by atoms with Gasteiger partial charge >= 0.3 is 5.97 Å². The molecule has 0 saturated heterocycles. The molecule has 2 heterocycles. The Bertz CT molecular complexity index is 516. The Kier molecular flexibility index (Phi) is 2.85. The predicted octanol–water partition coefficient (Wildman–Crippen LogP) is 2.57. The van der Waals surface area contributed by atoms with E-state index in [9.17, 15) is 9.90 Å². The summed E-state index contributed by atoms with van der Waals surface area (Å²) in [4.78, 5) is 16.4. The number of thiazole rings is 1. The normalized spacial score (nSPS) is 10.8. The molecule has 1 N–H and O–H groups in total. The zero-order valence-corrected chi connectivity index (χ0v) is 10.4. The molecule has 2 rings (SSSR count). The Labute approximate surface area is 97.9 Å². The Balaban J connectivity index is 2.57. The molecule has 2 aromatic heterocycles. The molecule has 2 aromatic rings. The molecular formula is C8H7NO3S3. The fourth-order valence-corrected chi connectivity index (χ4v) is 3.80. The van der Waals surface area contributed by atoms with Crippen LogP contribution in [0.15, 0.2) is 4.34 Å². The Morgan fingerprint density at radius 1 is 1.53 bits per heavy atom. The summed E-state index contributed by atoms with van der Waals surface area (Å²) < 4.78 is 6.09. The van der Waals surface area contributed by atoms with E-state index in [1.165, 1.54) is 30.2 Å². The molecule has 0 unspecified atom stereocenters. The van der Waals surface area contributed by atoms with Gasteiger partial charge in [-0.1, -0.05) is 11.8 Å². The Morgan fingerprint density at radius 2 is 2.27 bits per heavy atom. The summed E-state index contributed by atoms with van der Waals surface area (Å²) >= 11 is 4.05. The van der Waals surface area contributed by atoms with Crippen LogP contribution >= 0.6 is 34.4 Å². The topological polar surface area (TPSA) is 59.4 Å². The fourth-order valence-electron chi connectivity index (χ4n) is 1.07. The van der Waals surface area contributed by atoms with Crippen molar-refractivity contribution >= 4 is 49.9 Å². The van der Waals surface area contributed by atoms with Gasteiger partial charge in [0.05, 0.1) is 7.11 Å². The molecule has 0 aliphatic carbocycles. The number of esters is 1. The van der Waals surface area contributed by atoms with Gasteiger partial charge in [0.2, 0.25) is 0 Å². The second-order valence-electron chi connectivity index (χ2n) is 2.59. The molecule has 0 aliphatic heterocycles. The number of aromatic hydroxyl groups is 1. The van der Waals surface area contributed by atoms with Crippen molar-refractivity contribution in [3.63, 3.8) is 0 Å². The highest BCUT2D eigenvalue weighted by atomic mass is 32.2. The van der Waals surface area contributed by atoms with E-state index < -0.39 is 5.97 Å². The number of thiophene rings is 1. The molecule has 0 spiro atoms. The summed E-state index contributed by atoms with van der Waals surface area (Å²) in [6.45, 7) is 0. The molecule has 0 aromatic carbocycles. The van der Waals surface area contributed by atoms with E-state index in [0.717, 1.165) is 15.7 Å². The zero-order chi connectivity index (χ0) is 11.0. The van der Waals surface area contributed by atoms with Crippen LogP contribution in [0.4, 0.5) is 0 Å². The molecule has 0 fully saturated rings. The summed E-state index contributed by atoms with van der Waals surface area (Å²) in [6.07, 6.45) is 1.92. The highest BCUT2D eigenvalue weighted by Crippen LogP contribution is 2.42. The highest BCUT2D eigenvalue weighted by molar-refractivity contribution is 8.00. The van der Waals surface area contributed by atoms with Crippen molar-refractivity contribution in [1.82, 2.24) is 4.98 Å². The van der Waals surface area contributed by atoms with Gasteiger partial charge in [0.25, 0.3) is 0 Å². The quantitative estimate of drug-likeness (QED) is 0.665. The fraction of sp³-hybridized carbons (Fsp3) is 0.250. The van der Waals surface area contributed by atoms with Crippen LogP contribution in [0.2, 0.25) is 0 Å². The van der Waals surface area contributed by atoms with Crippen LogP contribution in [-0.2, 0) is 4.74 Å². The first-order chi connectivity index (χ1) is 7.17. The molecule has 7 heteroatoms. The highest BCUT2D eigenvalue weighted by Gasteiger charge is 2.21. The van der Waals surface area contributed by atoms with Gasteiger partial charge in [-0.25, -0.2) is 9.78 Å². The maximum absolute atomic E-state index is 11.3. The standard InChI is InChI=1S/C8H7NO3S3/c1-12-7(11)5-3(10)4-6(14-5)9-8(13-2)15-4/h10H,1-2H3. The monoisotopic (exact) mass is 261 g/mol. The van der Waals surface area contributed by atoms with Gasteiger partial charge < -0.3 is 9.84 Å². The summed E-state index contributed by atoms with van der Waals surface area (Å²) in [5, 5.41) is 9.77. The first kappa shape index (κ1) is 10.7. The number of nitrogens with zero attached hydrogens (tertiary/aromatic N) is 1. The first-order valence-corrected chi connectivity index (χ1v) is 6.77. The van der Waals surface area contributed by atoms with E-state index in [2.05, 4.69) is 9.72 Å². The van der Waals surface area contributed by atoms with Crippen LogP contribution in [0.25, 0.3) is 9.53 Å². The van der Waals surface area contributed by atoms with Crippen molar-refractivity contribution in [3.05, 3.63) is 4.88 Å². The van der Waals surface area contributed by atoms with Gasteiger partial charge in [0.15, 0.2) is 15.0 Å². The molecule has 80 valence electrons. The second-order valence-corrected chi connectivity index (χ2v) is 5.64. The number of rotatable bonds is 2. The third-order valence-electron chi connectivity index (χ3n) is 1.75. The average Bonchev–Trinajstić information content (AvgIpc) is 2.77. The smallest absolute Gasteiger partial charge is 0.352 e. The minimum atomic E-state index is -0.520. The lowest BCUT2D eigenvalue weighted by Crippen LogP contribution is -1.97. The van der Waals surface area contributed by atoms with Crippen LogP contribution in [0, 0.1) is 0 Å². The molecule has 0 radical (unpaired) electrons. The summed E-state index contributed by atoms with van der Waals surface area (Å²) in [5.74, 6) is -0.534. The van der Waals surface area contributed by atoms with E-state index in [-0.39, 0.29) is 10.6 Å². The van der Waals surface area contributed by atoms with E-state index in [0.29, 0.717) is 9.53 Å². The average molecular weight is 261 g/mol. The third-order valence-corrected chi connectivity index (χ3v) is 4.98. The van der Waals surface area contributed by atoms with Gasteiger partial charge in [-0.3, -0.25) is 0 Å². The third kappa shape index (κ3) is 1.70. The van der Waals surface area contributed by atoms with Crippen LogP contribution in [0.3, 0.4) is 0 Å². The van der Waals surface area contributed by atoms with Crippen molar-refractivity contribution in [2.24, 2.45) is 0 Å². The number of hydrogen-bond acceptors (Lipinski definition) is 7. The number of methoxy groups -OCH3 is 1. The van der Waals surface area contributed by atoms with E-state index >= 15 is 0 Å². The van der Waals surface area contributed by atoms with Crippen molar-refractivity contribution in [2.75, 3.05) is 13.4 Å². The SMILES string of the molecule is COC(=O)c1sc2nc(SC)sc2c1O. The van der Waals surface area contributed by atoms with Gasteiger partial charge in [-0.15, -0.1) is 22.7 Å². The molecule has 0 aliphatic rings. The van der Waals surface area contributed by atoms with Gasteiger partial charge in [-0.2, -0.15) is 0 Å². The number of ether oxygens (including phenoxy) is 1. The maximum Gasteiger partial charge on any atom is 0.352 e. The number of aromatic nitrogens is 1. The lowest BCUT2D eigenvalue weighted by Gasteiger charge is -1.94. The molecule has 4 nitrogen and oxygen atoms in total. The van der Waals surface area contributed by atoms with Crippen LogP contribution in [0.1, 0.15) is 9.67 Å². The van der Waals surface area contributed by atoms with Crippen LogP contribution in [-0.4, -0.2) is 29.4 Å². The second kappa shape index (κ2) is 3.99. The summed E-state index contributed by atoms with van der Waals surface area (Å²) in [7, 11) is 1.29. The van der Waals surface area contributed by atoms with Crippen LogP contribution in [0.5, 0.6) is 5.75 Å². The number of hydrogen-bond donors (Lipinski definition) is 1. The molecule has 0 amide bonds. The Hall–Kier alpha value is -0.790. The lowest BCUT2D eigenvalue weighted by molar-refractivity contribution is 0.0603. The number of fused-ring (bicyclic) bond motifs is 1. The van der Waals surface area contributed by atoms with Gasteiger partial charge in [-0.05, 0) is 6.26 Å². The minimum Gasteiger partial charge on any atom is -0.505 e. The van der Waals surface area contributed by atoms with E-state index in [1.54, 1.807) is 0 Å². The summed E-state index contributed by atoms with van der Waals surface area (Å²) in [6, 6.07) is 0. The van der Waals surface area contributed by atoms with Crippen molar-refractivity contribution in [1.29, 1.82) is 0 Å². The maximum atomic E-state index is 11.3. The van der Waals surface area contributed by atoms with E-state index in [4.69, 9.17) is 0 Å². The zero-order valence-electron chi connectivity index (χ0n) is 7.94. The number of carbonyl (C=O) groups excluding carboxylic acids is 1. The van der Waals surface area contributed by atoms with Gasteiger partial charge in [0.1, 0.15) is 9.53 Å². The number of carbonyl (C=O) groups is 1. The molecule has 0 bridgehead atoms. The van der Waals surface area contributed by atoms with Crippen molar-refractivity contribution < 1.29 is 14.6 Å². The largest absolute Gasteiger partial charge is 0.505 e. The minimum absolute atomic E-state index is 0.0142. The lowest BCUT2D eigenvalue weighted by atomic mass is 10.4. The molecule has 0 saturated carbocycles. The molecular weight excluding hydrogens is 254 g/mol. The van der Waals surface area contributed by atoms with E-state index in [1.807, 2.05) is 6.26 Å². The number of thioether (sulfide) groups is 1. The van der Waals surface area contributed by atoms with Crippen molar-refractivity contribution in [2.45, 2.75) is 4.34 Å². The van der Waals surface area contributed by atoms with Crippen molar-refractivity contribution in [3.8, 4) is 5.75 Å². The predicted molar refractivity (Wildman–Crippen MR) is 62.3 cm³/mol. The molecule has 0 atom stereocenters. The first-order valence-electron chi connectivity index (χ1n) is 3.92.